The third-order valence-electron chi connectivity index (χ3n) is 6.27. The highest BCUT2D eigenvalue weighted by Crippen LogP contribution is 2.24. The van der Waals surface area contributed by atoms with E-state index in [4.69, 9.17) is 0 Å². The Kier molecular flexibility index (Phi) is 7.44. The van der Waals surface area contributed by atoms with Crippen LogP contribution in [0.1, 0.15) is 73.4 Å². The summed E-state index contributed by atoms with van der Waals surface area (Å²) in [6.07, 6.45) is 0. The molecule has 0 aliphatic rings. The minimum absolute atomic E-state index is 0.0167. The standard InChI is InChI=1S/C32H34N4O2/c1-31(2,3)23-17-13-21(14-18-23)29(37)35-27-11-7-9-25(33-27)26-10-8-12-28(34-26)36-30(38)22-15-19-24(20-16-22)32(4,5)6/h7-20H,1-6H3,(H,33,35,37)(H,34,36,38). The SMILES string of the molecule is CC(C)(C)c1ccc(C(=O)Nc2cccc(-c3cccc(NC(=O)c4ccc(C(C)(C)C)cc4)n3)n2)cc1. The second kappa shape index (κ2) is 10.6. The topological polar surface area (TPSA) is 84.0 Å². The number of hydrogen-bond donors (Lipinski definition) is 2. The van der Waals surface area contributed by atoms with Crippen molar-refractivity contribution in [2.24, 2.45) is 0 Å². The van der Waals surface area contributed by atoms with Gasteiger partial charge in [0.25, 0.3) is 11.8 Å². The quantitative estimate of drug-likeness (QED) is 0.299. The van der Waals surface area contributed by atoms with Crippen LogP contribution in [0.15, 0.2) is 84.9 Å². The van der Waals surface area contributed by atoms with E-state index in [1.165, 1.54) is 0 Å². The number of nitrogens with zero attached hydrogens (tertiary/aromatic N) is 2. The zero-order valence-corrected chi connectivity index (χ0v) is 22.8. The molecule has 0 fully saturated rings. The lowest BCUT2D eigenvalue weighted by Gasteiger charge is -2.19. The van der Waals surface area contributed by atoms with Crippen LogP contribution in [0.2, 0.25) is 0 Å². The van der Waals surface area contributed by atoms with Gasteiger partial charge in [0.1, 0.15) is 11.6 Å². The zero-order valence-electron chi connectivity index (χ0n) is 22.8. The third kappa shape index (κ3) is 6.51. The lowest BCUT2D eigenvalue weighted by Crippen LogP contribution is -2.15. The van der Waals surface area contributed by atoms with Crippen LogP contribution in [0.4, 0.5) is 11.6 Å². The number of amides is 2. The van der Waals surface area contributed by atoms with Gasteiger partial charge in [0, 0.05) is 11.1 Å². The van der Waals surface area contributed by atoms with E-state index < -0.39 is 0 Å². The van der Waals surface area contributed by atoms with Crippen molar-refractivity contribution in [3.8, 4) is 11.4 Å². The molecule has 0 atom stereocenters. The van der Waals surface area contributed by atoms with Crippen LogP contribution in [0.3, 0.4) is 0 Å². The largest absolute Gasteiger partial charge is 0.307 e. The van der Waals surface area contributed by atoms with Gasteiger partial charge in [0.05, 0.1) is 11.4 Å². The first-order valence-corrected chi connectivity index (χ1v) is 12.7. The summed E-state index contributed by atoms with van der Waals surface area (Å²) < 4.78 is 0. The van der Waals surface area contributed by atoms with Crippen molar-refractivity contribution in [2.75, 3.05) is 10.6 Å². The summed E-state index contributed by atoms with van der Waals surface area (Å²) in [6.45, 7) is 12.8. The number of carbonyl (C=O) groups is 2. The fourth-order valence-electron chi connectivity index (χ4n) is 3.91. The van der Waals surface area contributed by atoms with Crippen molar-refractivity contribution in [3.63, 3.8) is 0 Å². The van der Waals surface area contributed by atoms with E-state index in [0.29, 0.717) is 34.2 Å². The van der Waals surface area contributed by atoms with Gasteiger partial charge in [-0.3, -0.25) is 9.59 Å². The second-order valence-corrected chi connectivity index (χ2v) is 11.4. The van der Waals surface area contributed by atoms with Crippen molar-refractivity contribution in [1.29, 1.82) is 0 Å². The molecule has 6 heteroatoms. The maximum absolute atomic E-state index is 12.8. The summed E-state index contributed by atoms with van der Waals surface area (Å²) in [5.74, 6) is 0.369. The van der Waals surface area contributed by atoms with Crippen LogP contribution in [0.25, 0.3) is 11.4 Å². The monoisotopic (exact) mass is 506 g/mol. The molecule has 2 amide bonds. The molecule has 4 rings (SSSR count). The number of hydrogen-bond acceptors (Lipinski definition) is 4. The molecule has 0 saturated carbocycles. The Morgan fingerprint density at radius 1 is 0.526 bits per heavy atom. The van der Waals surface area contributed by atoms with Crippen LogP contribution in [-0.4, -0.2) is 21.8 Å². The molecule has 194 valence electrons. The van der Waals surface area contributed by atoms with E-state index in [-0.39, 0.29) is 22.6 Å². The Morgan fingerprint density at radius 3 is 1.18 bits per heavy atom. The first-order chi connectivity index (χ1) is 17.9. The maximum atomic E-state index is 12.8. The summed E-state index contributed by atoms with van der Waals surface area (Å²) >= 11 is 0. The van der Waals surface area contributed by atoms with Gasteiger partial charge < -0.3 is 10.6 Å². The molecule has 2 aromatic heterocycles. The minimum Gasteiger partial charge on any atom is -0.307 e. The molecule has 2 aromatic carbocycles. The van der Waals surface area contributed by atoms with Crippen LogP contribution >= 0.6 is 0 Å². The molecule has 6 nitrogen and oxygen atoms in total. The fraction of sp³-hybridized carbons (Fsp3) is 0.250. The Hall–Kier alpha value is -4.32. The predicted octanol–water partition coefficient (Wildman–Crippen LogP) is 7.24. The van der Waals surface area contributed by atoms with Crippen LogP contribution in [0, 0.1) is 0 Å². The van der Waals surface area contributed by atoms with Gasteiger partial charge in [0.15, 0.2) is 0 Å². The molecular weight excluding hydrogens is 472 g/mol. The Morgan fingerprint density at radius 2 is 0.868 bits per heavy atom. The number of anilines is 2. The summed E-state index contributed by atoms with van der Waals surface area (Å²) in [5, 5.41) is 5.72. The van der Waals surface area contributed by atoms with Gasteiger partial charge in [-0.2, -0.15) is 0 Å². The highest BCUT2D eigenvalue weighted by molar-refractivity contribution is 6.04. The molecule has 0 spiro atoms. The third-order valence-corrected chi connectivity index (χ3v) is 6.27. The molecule has 0 aliphatic carbocycles. The smallest absolute Gasteiger partial charge is 0.256 e. The number of benzene rings is 2. The number of pyridine rings is 2. The van der Waals surface area contributed by atoms with Gasteiger partial charge >= 0.3 is 0 Å². The van der Waals surface area contributed by atoms with Gasteiger partial charge in [-0.25, -0.2) is 9.97 Å². The Bertz CT molecular complexity index is 1330. The first-order valence-electron chi connectivity index (χ1n) is 12.7. The lowest BCUT2D eigenvalue weighted by molar-refractivity contribution is 0.101. The van der Waals surface area contributed by atoms with E-state index in [2.05, 4.69) is 62.1 Å². The van der Waals surface area contributed by atoms with Gasteiger partial charge in [0.2, 0.25) is 0 Å². The van der Waals surface area contributed by atoms with Crippen molar-refractivity contribution >= 4 is 23.5 Å². The molecule has 2 heterocycles. The van der Waals surface area contributed by atoms with Gasteiger partial charge in [-0.15, -0.1) is 0 Å². The average Bonchev–Trinajstić information content (AvgIpc) is 2.88. The average molecular weight is 507 g/mol. The molecule has 38 heavy (non-hydrogen) atoms. The van der Waals surface area contributed by atoms with Gasteiger partial charge in [-0.05, 0) is 70.5 Å². The molecule has 0 radical (unpaired) electrons. The van der Waals surface area contributed by atoms with E-state index in [9.17, 15) is 9.59 Å². The highest BCUT2D eigenvalue weighted by atomic mass is 16.2. The summed E-state index contributed by atoms with van der Waals surface area (Å²) in [6, 6.07) is 25.9. The predicted molar refractivity (Wildman–Crippen MR) is 154 cm³/mol. The normalized spacial score (nSPS) is 11.6. The molecule has 0 saturated heterocycles. The summed E-state index contributed by atoms with van der Waals surface area (Å²) in [4.78, 5) is 34.7. The number of rotatable bonds is 5. The number of carbonyl (C=O) groups excluding carboxylic acids is 2. The van der Waals surface area contributed by atoms with Crippen molar-refractivity contribution in [2.45, 2.75) is 52.4 Å². The molecule has 0 unspecified atom stereocenters. The molecule has 0 bridgehead atoms. The first kappa shape index (κ1) is 26.7. The van der Waals surface area contributed by atoms with Crippen molar-refractivity contribution in [1.82, 2.24) is 9.97 Å². The van der Waals surface area contributed by atoms with Crippen LogP contribution in [0.5, 0.6) is 0 Å². The van der Waals surface area contributed by atoms with Crippen molar-refractivity contribution in [3.05, 3.63) is 107 Å². The maximum Gasteiger partial charge on any atom is 0.256 e. The molecule has 4 aromatic rings. The lowest BCUT2D eigenvalue weighted by atomic mass is 9.86. The van der Waals surface area contributed by atoms with E-state index in [1.54, 1.807) is 12.1 Å². The van der Waals surface area contributed by atoms with Crippen LogP contribution in [-0.2, 0) is 10.8 Å². The highest BCUT2D eigenvalue weighted by Gasteiger charge is 2.16. The number of nitrogens with one attached hydrogen (secondary N) is 2. The Balaban J connectivity index is 1.46. The summed E-state index contributed by atoms with van der Waals surface area (Å²) in [7, 11) is 0. The fourth-order valence-corrected chi connectivity index (χ4v) is 3.91. The summed E-state index contributed by atoms with van der Waals surface area (Å²) in [5.41, 5.74) is 4.63. The second-order valence-electron chi connectivity index (χ2n) is 11.4. The minimum atomic E-state index is -0.235. The van der Waals surface area contributed by atoms with Crippen LogP contribution < -0.4 is 10.6 Å². The Labute approximate surface area is 224 Å². The zero-order chi connectivity index (χ0) is 27.5. The van der Waals surface area contributed by atoms with E-state index >= 15 is 0 Å². The van der Waals surface area contributed by atoms with Gasteiger partial charge in [-0.1, -0.05) is 77.9 Å². The van der Waals surface area contributed by atoms with E-state index in [1.807, 2.05) is 72.8 Å². The molecule has 0 aliphatic heterocycles. The molecule has 2 N–H and O–H groups in total. The molecular formula is C32H34N4O2. The van der Waals surface area contributed by atoms with Crippen molar-refractivity contribution < 1.29 is 9.59 Å². The van der Waals surface area contributed by atoms with E-state index in [0.717, 1.165) is 11.1 Å². The number of aromatic nitrogens is 2.